The van der Waals surface area contributed by atoms with E-state index in [4.69, 9.17) is 0 Å². The molecule has 0 saturated carbocycles. The maximum Gasteiger partial charge on any atom is 0.261 e. The molecule has 26 heavy (non-hydrogen) atoms. The first kappa shape index (κ1) is 18.9. The molecule has 1 N–H and O–H groups in total. The molecule has 2 aromatic rings. The van der Waals surface area contributed by atoms with Crippen LogP contribution in [0.3, 0.4) is 0 Å². The van der Waals surface area contributed by atoms with Gasteiger partial charge in [-0.25, -0.2) is 8.42 Å². The lowest BCUT2D eigenvalue weighted by Gasteiger charge is -2.16. The lowest BCUT2D eigenvalue weighted by atomic mass is 9.97. The minimum atomic E-state index is -3.30. The Labute approximate surface area is 158 Å². The second kappa shape index (κ2) is 7.80. The Hall–Kier alpha value is -1.86. The number of hydrogen-bond donors (Lipinski definition) is 1. The number of hydrogen-bond acceptors (Lipinski definition) is 4. The number of carbonyl (C=O) groups excluding carboxylic acids is 1. The Morgan fingerprint density at radius 2 is 2.08 bits per heavy atom. The average molecular weight is 393 g/mol. The van der Waals surface area contributed by atoms with Gasteiger partial charge in [-0.15, -0.1) is 11.3 Å². The number of nitrogens with one attached hydrogen (secondary N) is 1. The minimum Gasteiger partial charge on any atom is -0.351 e. The van der Waals surface area contributed by atoms with Crippen molar-refractivity contribution in [2.75, 3.05) is 24.2 Å². The minimum absolute atomic E-state index is 0.0689. The summed E-state index contributed by atoms with van der Waals surface area (Å²) in [4.78, 5) is 13.1. The molecule has 7 heteroatoms. The highest BCUT2D eigenvalue weighted by Crippen LogP contribution is 2.30. The fraction of sp³-hybridized carbons (Fsp3) is 0.421. The summed E-state index contributed by atoms with van der Waals surface area (Å²) < 4.78 is 25.6. The van der Waals surface area contributed by atoms with Crippen molar-refractivity contribution < 1.29 is 13.2 Å². The Balaban J connectivity index is 1.68. The third-order valence-electron chi connectivity index (χ3n) is 4.70. The smallest absolute Gasteiger partial charge is 0.261 e. The maximum atomic E-state index is 12.4. The normalized spacial score (nSPS) is 14.9. The molecule has 1 aliphatic rings. The van der Waals surface area contributed by atoms with Gasteiger partial charge < -0.3 is 5.32 Å². The fourth-order valence-electron chi connectivity index (χ4n) is 3.09. The highest BCUT2D eigenvalue weighted by molar-refractivity contribution is 7.92. The molecule has 1 aliphatic carbocycles. The van der Waals surface area contributed by atoms with E-state index >= 15 is 0 Å². The standard InChI is InChI=1S/C19H24N2O3S2/c1-21(26(2,23)24)16-8-9-17-15(12-16)13-18(25-17)19(22)20-11-10-14-6-4-3-5-7-14/h6,8-9,12-13H,3-5,7,10-11H2,1-2H3,(H,20,22). The van der Waals surface area contributed by atoms with Crippen LogP contribution in [0.1, 0.15) is 41.8 Å². The van der Waals surface area contributed by atoms with E-state index in [9.17, 15) is 13.2 Å². The molecule has 0 fully saturated rings. The number of anilines is 1. The number of thiophene rings is 1. The van der Waals surface area contributed by atoms with Gasteiger partial charge in [-0.1, -0.05) is 11.6 Å². The van der Waals surface area contributed by atoms with Gasteiger partial charge in [-0.3, -0.25) is 9.10 Å². The molecule has 1 aromatic heterocycles. The first-order valence-corrected chi connectivity index (χ1v) is 11.4. The molecule has 1 amide bonds. The van der Waals surface area contributed by atoms with Crippen molar-refractivity contribution in [3.05, 3.63) is 40.8 Å². The van der Waals surface area contributed by atoms with E-state index in [1.807, 2.05) is 12.1 Å². The van der Waals surface area contributed by atoms with Crippen LogP contribution < -0.4 is 9.62 Å². The molecule has 5 nitrogen and oxygen atoms in total. The molecule has 3 rings (SSSR count). The lowest BCUT2D eigenvalue weighted by molar-refractivity contribution is 0.0958. The summed E-state index contributed by atoms with van der Waals surface area (Å²) in [6.07, 6.45) is 9.22. The summed E-state index contributed by atoms with van der Waals surface area (Å²) in [5, 5.41) is 3.87. The molecular weight excluding hydrogens is 368 g/mol. The van der Waals surface area contributed by atoms with Crippen molar-refractivity contribution in [2.45, 2.75) is 32.1 Å². The topological polar surface area (TPSA) is 66.5 Å². The van der Waals surface area contributed by atoms with E-state index in [1.165, 1.54) is 47.4 Å². The van der Waals surface area contributed by atoms with Gasteiger partial charge >= 0.3 is 0 Å². The van der Waals surface area contributed by atoms with Gasteiger partial charge in [0.1, 0.15) is 0 Å². The van der Waals surface area contributed by atoms with Crippen molar-refractivity contribution in [1.29, 1.82) is 0 Å². The predicted molar refractivity (Wildman–Crippen MR) is 109 cm³/mol. The van der Waals surface area contributed by atoms with Crippen LogP contribution in [0, 0.1) is 0 Å². The summed E-state index contributed by atoms with van der Waals surface area (Å²) in [5.41, 5.74) is 2.04. The van der Waals surface area contributed by atoms with Crippen molar-refractivity contribution in [3.8, 4) is 0 Å². The molecule has 0 atom stereocenters. The van der Waals surface area contributed by atoms with Crippen LogP contribution >= 0.6 is 11.3 Å². The van der Waals surface area contributed by atoms with Crippen LogP contribution in [0.25, 0.3) is 10.1 Å². The first-order chi connectivity index (χ1) is 12.3. The zero-order chi connectivity index (χ0) is 18.7. The monoisotopic (exact) mass is 392 g/mol. The third-order valence-corrected chi connectivity index (χ3v) is 7.02. The number of sulfonamides is 1. The van der Waals surface area contributed by atoms with E-state index in [0.29, 0.717) is 17.1 Å². The Morgan fingerprint density at radius 3 is 2.77 bits per heavy atom. The Bertz CT molecular complexity index is 945. The molecule has 0 bridgehead atoms. The van der Waals surface area contributed by atoms with Gasteiger partial charge in [0.15, 0.2) is 0 Å². The molecule has 140 valence electrons. The first-order valence-electron chi connectivity index (χ1n) is 8.78. The molecule has 0 unspecified atom stereocenters. The van der Waals surface area contributed by atoms with E-state index in [0.717, 1.165) is 29.3 Å². The average Bonchev–Trinajstić information content (AvgIpc) is 3.04. The Morgan fingerprint density at radius 1 is 1.27 bits per heavy atom. The van der Waals surface area contributed by atoms with Gasteiger partial charge in [0.2, 0.25) is 10.0 Å². The predicted octanol–water partition coefficient (Wildman–Crippen LogP) is 3.92. The highest BCUT2D eigenvalue weighted by atomic mass is 32.2. The maximum absolute atomic E-state index is 12.4. The summed E-state index contributed by atoms with van der Waals surface area (Å²) in [6.45, 7) is 0.654. The summed E-state index contributed by atoms with van der Waals surface area (Å²) in [6, 6.07) is 7.25. The quantitative estimate of drug-likeness (QED) is 0.758. The fourth-order valence-corrected chi connectivity index (χ4v) is 4.54. The van der Waals surface area contributed by atoms with Crippen molar-refractivity contribution >= 4 is 43.0 Å². The number of nitrogens with zero attached hydrogens (tertiary/aromatic N) is 1. The van der Waals surface area contributed by atoms with Crippen LogP contribution in [-0.2, 0) is 10.0 Å². The SMILES string of the molecule is CN(c1ccc2sc(C(=O)NCCC3=CCCCC3)cc2c1)S(C)(=O)=O. The molecule has 0 saturated heterocycles. The van der Waals surface area contributed by atoms with Gasteiger partial charge in [-0.2, -0.15) is 0 Å². The van der Waals surface area contributed by atoms with E-state index in [1.54, 1.807) is 12.1 Å². The summed E-state index contributed by atoms with van der Waals surface area (Å²) >= 11 is 1.42. The molecule has 1 aromatic carbocycles. The largest absolute Gasteiger partial charge is 0.351 e. The van der Waals surface area contributed by atoms with Crippen molar-refractivity contribution in [2.24, 2.45) is 0 Å². The zero-order valence-corrected chi connectivity index (χ0v) is 16.8. The van der Waals surface area contributed by atoms with Gasteiger partial charge in [0.05, 0.1) is 16.8 Å². The van der Waals surface area contributed by atoms with Crippen LogP contribution in [0.5, 0.6) is 0 Å². The van der Waals surface area contributed by atoms with E-state index < -0.39 is 10.0 Å². The summed E-state index contributed by atoms with van der Waals surface area (Å²) in [7, 11) is -1.78. The van der Waals surface area contributed by atoms with Crippen molar-refractivity contribution in [3.63, 3.8) is 0 Å². The second-order valence-corrected chi connectivity index (χ2v) is 9.77. The number of amides is 1. The number of rotatable bonds is 6. The third kappa shape index (κ3) is 4.45. The van der Waals surface area contributed by atoms with Gasteiger partial charge in [0.25, 0.3) is 5.91 Å². The number of benzene rings is 1. The molecule has 0 spiro atoms. The van der Waals surface area contributed by atoms with Crippen LogP contribution in [0.15, 0.2) is 35.9 Å². The number of carbonyl (C=O) groups is 1. The molecular formula is C19H24N2O3S2. The van der Waals surface area contributed by atoms with E-state index in [-0.39, 0.29) is 5.91 Å². The van der Waals surface area contributed by atoms with Crippen LogP contribution in [0.4, 0.5) is 5.69 Å². The van der Waals surface area contributed by atoms with Crippen LogP contribution in [-0.4, -0.2) is 34.2 Å². The van der Waals surface area contributed by atoms with Crippen LogP contribution in [0.2, 0.25) is 0 Å². The summed E-state index contributed by atoms with van der Waals surface area (Å²) in [5.74, 6) is -0.0689. The van der Waals surface area contributed by atoms with Gasteiger partial charge in [-0.05, 0) is 61.8 Å². The van der Waals surface area contributed by atoms with E-state index in [2.05, 4.69) is 11.4 Å². The highest BCUT2D eigenvalue weighted by Gasteiger charge is 2.15. The number of fused-ring (bicyclic) bond motifs is 1. The van der Waals surface area contributed by atoms with Crippen molar-refractivity contribution in [1.82, 2.24) is 5.32 Å². The Kier molecular flexibility index (Phi) is 5.67. The molecule has 0 aliphatic heterocycles. The molecule has 1 heterocycles. The lowest BCUT2D eigenvalue weighted by Crippen LogP contribution is -2.24. The van der Waals surface area contributed by atoms with Gasteiger partial charge in [0, 0.05) is 18.3 Å². The molecule has 0 radical (unpaired) electrons. The second-order valence-electron chi connectivity index (χ2n) is 6.68. The zero-order valence-electron chi connectivity index (χ0n) is 15.1. The number of allylic oxidation sites excluding steroid dienone is 1.